The van der Waals surface area contributed by atoms with Crippen molar-refractivity contribution in [3.8, 4) is 0 Å². The van der Waals surface area contributed by atoms with Gasteiger partial charge in [0.25, 0.3) is 5.91 Å². The maximum absolute atomic E-state index is 12.6. The van der Waals surface area contributed by atoms with E-state index in [0.29, 0.717) is 18.0 Å². The Balaban J connectivity index is 1.71. The molecule has 2 aromatic rings. The third-order valence-electron chi connectivity index (χ3n) is 4.43. The summed E-state index contributed by atoms with van der Waals surface area (Å²) in [5.74, 6) is 0.306. The number of nitrogens with one attached hydrogen (secondary N) is 1. The molecule has 1 heterocycles. The maximum atomic E-state index is 12.6. The Kier molecular flexibility index (Phi) is 4.69. The minimum atomic E-state index is -3.48. The molecule has 0 spiro atoms. The topological polar surface area (TPSA) is 66.5 Å². The first-order valence-electron chi connectivity index (χ1n) is 7.89. The zero-order chi connectivity index (χ0) is 17.2. The first kappa shape index (κ1) is 16.7. The van der Waals surface area contributed by atoms with Gasteiger partial charge in [0, 0.05) is 24.6 Å². The van der Waals surface area contributed by atoms with Gasteiger partial charge < -0.3 is 4.90 Å². The number of rotatable bonds is 4. The molecule has 1 amide bonds. The highest BCUT2D eigenvalue weighted by Crippen LogP contribution is 2.28. The molecule has 24 heavy (non-hydrogen) atoms. The number of carbonyl (C=O) groups excluding carboxylic acids is 1. The lowest BCUT2D eigenvalue weighted by Crippen LogP contribution is -2.28. The number of nitrogens with zero attached hydrogens (tertiary/aromatic N) is 1. The number of carbonyl (C=O) groups is 1. The maximum Gasteiger partial charge on any atom is 0.253 e. The normalized spacial score (nSPS) is 17.9. The van der Waals surface area contributed by atoms with E-state index in [9.17, 15) is 13.2 Å². The largest absolute Gasteiger partial charge is 0.338 e. The van der Waals surface area contributed by atoms with Crippen molar-refractivity contribution in [3.05, 3.63) is 65.7 Å². The molecular weight excluding hydrogens is 324 g/mol. The smallest absolute Gasteiger partial charge is 0.253 e. The van der Waals surface area contributed by atoms with E-state index in [0.717, 1.165) is 13.0 Å². The monoisotopic (exact) mass is 344 g/mol. The van der Waals surface area contributed by atoms with Gasteiger partial charge >= 0.3 is 0 Å². The van der Waals surface area contributed by atoms with E-state index >= 15 is 0 Å². The molecule has 5 nitrogen and oxygen atoms in total. The Labute approximate surface area is 142 Å². The van der Waals surface area contributed by atoms with Crippen LogP contribution in [0.4, 0.5) is 0 Å². The van der Waals surface area contributed by atoms with Crippen LogP contribution in [-0.4, -0.2) is 39.4 Å². The summed E-state index contributed by atoms with van der Waals surface area (Å²) in [6, 6.07) is 16.3. The summed E-state index contributed by atoms with van der Waals surface area (Å²) in [6.45, 7) is 1.41. The Bertz CT molecular complexity index is 817. The standard InChI is InChI=1S/C18H20N2O3S/c1-19-24(22,23)17-9-7-15(8-10-17)18(21)20-12-11-16(13-20)14-5-3-2-4-6-14/h2-10,16,19H,11-13H2,1H3. The fourth-order valence-electron chi connectivity index (χ4n) is 3.02. The molecule has 1 aliphatic rings. The van der Waals surface area contributed by atoms with Crippen molar-refractivity contribution in [1.82, 2.24) is 9.62 Å². The van der Waals surface area contributed by atoms with Gasteiger partial charge in [-0.3, -0.25) is 4.79 Å². The van der Waals surface area contributed by atoms with Crippen molar-refractivity contribution in [2.45, 2.75) is 17.2 Å². The highest BCUT2D eigenvalue weighted by atomic mass is 32.2. The van der Waals surface area contributed by atoms with Gasteiger partial charge in [0.2, 0.25) is 10.0 Å². The highest BCUT2D eigenvalue weighted by Gasteiger charge is 2.28. The van der Waals surface area contributed by atoms with Crippen LogP contribution in [0.1, 0.15) is 28.3 Å². The summed E-state index contributed by atoms with van der Waals surface area (Å²) >= 11 is 0. The zero-order valence-corrected chi connectivity index (χ0v) is 14.3. The fourth-order valence-corrected chi connectivity index (χ4v) is 3.75. The molecule has 1 saturated heterocycles. The predicted molar refractivity (Wildman–Crippen MR) is 92.4 cm³/mol. The lowest BCUT2D eigenvalue weighted by molar-refractivity contribution is 0.0790. The van der Waals surface area contributed by atoms with E-state index in [2.05, 4.69) is 16.9 Å². The second-order valence-electron chi connectivity index (χ2n) is 5.88. The van der Waals surface area contributed by atoms with Crippen LogP contribution in [0.2, 0.25) is 0 Å². The SMILES string of the molecule is CNS(=O)(=O)c1ccc(C(=O)N2CCC(c3ccccc3)C2)cc1. The van der Waals surface area contributed by atoms with Crippen molar-refractivity contribution >= 4 is 15.9 Å². The highest BCUT2D eigenvalue weighted by molar-refractivity contribution is 7.89. The van der Waals surface area contributed by atoms with Crippen molar-refractivity contribution in [3.63, 3.8) is 0 Å². The van der Waals surface area contributed by atoms with Gasteiger partial charge in [0.1, 0.15) is 0 Å². The van der Waals surface area contributed by atoms with Crippen LogP contribution in [0.25, 0.3) is 0 Å². The molecule has 1 aliphatic heterocycles. The van der Waals surface area contributed by atoms with Gasteiger partial charge in [0.05, 0.1) is 4.90 Å². The average molecular weight is 344 g/mol. The summed E-state index contributed by atoms with van der Waals surface area (Å²) < 4.78 is 25.7. The van der Waals surface area contributed by atoms with Gasteiger partial charge in [0.15, 0.2) is 0 Å². The Morgan fingerprint density at radius 1 is 1.08 bits per heavy atom. The van der Waals surface area contributed by atoms with E-state index in [1.165, 1.54) is 24.7 Å². The number of likely N-dealkylation sites (tertiary alicyclic amines) is 1. The summed E-state index contributed by atoms with van der Waals surface area (Å²) in [6.07, 6.45) is 0.946. The van der Waals surface area contributed by atoms with E-state index in [-0.39, 0.29) is 10.8 Å². The van der Waals surface area contributed by atoms with Gasteiger partial charge in [-0.1, -0.05) is 30.3 Å². The first-order valence-corrected chi connectivity index (χ1v) is 9.37. The molecule has 3 rings (SSSR count). The molecule has 0 radical (unpaired) electrons. The minimum absolute atomic E-state index is 0.0539. The number of hydrogen-bond acceptors (Lipinski definition) is 3. The van der Waals surface area contributed by atoms with Crippen LogP contribution < -0.4 is 4.72 Å². The molecule has 6 heteroatoms. The fraction of sp³-hybridized carbons (Fsp3) is 0.278. The van der Waals surface area contributed by atoms with Gasteiger partial charge in [-0.15, -0.1) is 0 Å². The number of hydrogen-bond donors (Lipinski definition) is 1. The molecule has 0 aliphatic carbocycles. The Morgan fingerprint density at radius 2 is 1.75 bits per heavy atom. The van der Waals surface area contributed by atoms with E-state index in [1.54, 1.807) is 12.1 Å². The molecule has 1 unspecified atom stereocenters. The van der Waals surface area contributed by atoms with Crippen LogP contribution >= 0.6 is 0 Å². The summed E-state index contributed by atoms with van der Waals surface area (Å²) in [4.78, 5) is 14.6. The van der Waals surface area contributed by atoms with Gasteiger partial charge in [-0.05, 0) is 43.3 Å². The predicted octanol–water partition coefficient (Wildman–Crippen LogP) is 2.22. The van der Waals surface area contributed by atoms with Crippen molar-refractivity contribution < 1.29 is 13.2 Å². The molecule has 0 aromatic heterocycles. The second-order valence-corrected chi connectivity index (χ2v) is 7.77. The molecule has 1 fully saturated rings. The van der Waals surface area contributed by atoms with Crippen molar-refractivity contribution in [1.29, 1.82) is 0 Å². The number of benzene rings is 2. The quantitative estimate of drug-likeness (QED) is 0.925. The molecule has 1 N–H and O–H groups in total. The van der Waals surface area contributed by atoms with Crippen LogP contribution in [0.15, 0.2) is 59.5 Å². The third-order valence-corrected chi connectivity index (χ3v) is 5.86. The zero-order valence-electron chi connectivity index (χ0n) is 13.5. The number of amides is 1. The summed E-state index contributed by atoms with van der Waals surface area (Å²) in [5, 5.41) is 0. The van der Waals surface area contributed by atoms with Gasteiger partial charge in [-0.2, -0.15) is 0 Å². The summed E-state index contributed by atoms with van der Waals surface area (Å²) in [5.41, 5.74) is 1.77. The van der Waals surface area contributed by atoms with Crippen LogP contribution in [-0.2, 0) is 10.0 Å². The Hall–Kier alpha value is -2.18. The molecule has 0 saturated carbocycles. The van der Waals surface area contributed by atoms with E-state index < -0.39 is 10.0 Å². The molecule has 2 aromatic carbocycles. The molecule has 0 bridgehead atoms. The Morgan fingerprint density at radius 3 is 2.38 bits per heavy atom. The van der Waals surface area contributed by atoms with Crippen LogP contribution in [0, 0.1) is 0 Å². The van der Waals surface area contributed by atoms with E-state index in [1.807, 2.05) is 23.1 Å². The lowest BCUT2D eigenvalue weighted by Gasteiger charge is -2.17. The van der Waals surface area contributed by atoms with Crippen LogP contribution in [0.5, 0.6) is 0 Å². The lowest BCUT2D eigenvalue weighted by atomic mass is 9.99. The number of sulfonamides is 1. The van der Waals surface area contributed by atoms with E-state index in [4.69, 9.17) is 0 Å². The minimum Gasteiger partial charge on any atom is -0.338 e. The first-order chi connectivity index (χ1) is 11.5. The molecule has 1 atom stereocenters. The van der Waals surface area contributed by atoms with Gasteiger partial charge in [-0.25, -0.2) is 13.1 Å². The summed E-state index contributed by atoms with van der Waals surface area (Å²) in [7, 11) is -2.12. The molecule has 126 valence electrons. The second kappa shape index (κ2) is 6.75. The van der Waals surface area contributed by atoms with Crippen LogP contribution in [0.3, 0.4) is 0 Å². The van der Waals surface area contributed by atoms with Crippen molar-refractivity contribution in [2.75, 3.05) is 20.1 Å². The van der Waals surface area contributed by atoms with Crippen molar-refractivity contribution in [2.24, 2.45) is 0 Å². The third kappa shape index (κ3) is 3.34. The average Bonchev–Trinajstić information content (AvgIpc) is 3.12. The molecular formula is C18H20N2O3S.